The first-order valence-electron chi connectivity index (χ1n) is 7.71. The molecule has 1 aliphatic rings. The SMILES string of the molecule is CCCS(=O)(=O)NC1CCN(C(=O)Nc2cccc(Cl)c2)CC1. The standard InChI is InChI=1S/C15H22ClN3O3S/c1-2-10-23(21,22)18-13-6-8-19(9-7-13)15(20)17-14-5-3-4-12(16)11-14/h3-5,11,13,18H,2,6-10H2,1H3,(H,17,20). The number of hydrogen-bond donors (Lipinski definition) is 2. The van der Waals surface area contributed by atoms with Gasteiger partial charge in [0.15, 0.2) is 0 Å². The lowest BCUT2D eigenvalue weighted by atomic mass is 10.1. The Morgan fingerprint density at radius 3 is 2.65 bits per heavy atom. The van der Waals surface area contributed by atoms with Crippen LogP contribution in [0.25, 0.3) is 0 Å². The second-order valence-corrected chi connectivity index (χ2v) is 7.95. The van der Waals surface area contributed by atoms with E-state index in [-0.39, 0.29) is 17.8 Å². The van der Waals surface area contributed by atoms with Crippen molar-refractivity contribution in [2.75, 3.05) is 24.2 Å². The molecule has 0 saturated carbocycles. The molecule has 0 bridgehead atoms. The van der Waals surface area contributed by atoms with E-state index in [9.17, 15) is 13.2 Å². The highest BCUT2D eigenvalue weighted by Crippen LogP contribution is 2.17. The number of hydrogen-bond acceptors (Lipinski definition) is 3. The molecule has 2 N–H and O–H groups in total. The average molecular weight is 360 g/mol. The average Bonchev–Trinajstić information content (AvgIpc) is 2.47. The van der Waals surface area contributed by atoms with Crippen LogP contribution in [-0.4, -0.2) is 44.2 Å². The molecule has 1 aliphatic heterocycles. The number of nitrogens with one attached hydrogen (secondary N) is 2. The van der Waals surface area contributed by atoms with E-state index in [0.717, 1.165) is 0 Å². The molecule has 1 saturated heterocycles. The number of carbonyl (C=O) groups is 1. The Morgan fingerprint density at radius 2 is 2.04 bits per heavy atom. The van der Waals surface area contributed by atoms with Crippen molar-refractivity contribution in [2.24, 2.45) is 0 Å². The first-order valence-corrected chi connectivity index (χ1v) is 9.74. The summed E-state index contributed by atoms with van der Waals surface area (Å²) in [5.74, 6) is 0.141. The van der Waals surface area contributed by atoms with E-state index in [1.54, 1.807) is 29.2 Å². The first kappa shape index (κ1) is 18.0. The molecule has 6 nitrogen and oxygen atoms in total. The van der Waals surface area contributed by atoms with Crippen LogP contribution in [0, 0.1) is 0 Å². The third-order valence-corrected chi connectivity index (χ3v) is 5.55. The maximum atomic E-state index is 12.2. The molecule has 1 heterocycles. The monoisotopic (exact) mass is 359 g/mol. The Kier molecular flexibility index (Phi) is 6.26. The second kappa shape index (κ2) is 7.99. The zero-order chi connectivity index (χ0) is 16.9. The van der Waals surface area contributed by atoms with Crippen molar-refractivity contribution in [2.45, 2.75) is 32.2 Å². The molecule has 0 radical (unpaired) electrons. The van der Waals surface area contributed by atoms with Crippen LogP contribution in [0.1, 0.15) is 26.2 Å². The van der Waals surface area contributed by atoms with E-state index in [4.69, 9.17) is 11.6 Å². The fourth-order valence-corrected chi connectivity index (χ4v) is 4.14. The molecule has 0 atom stereocenters. The van der Waals surface area contributed by atoms with Gasteiger partial charge in [-0.3, -0.25) is 0 Å². The third kappa shape index (κ3) is 5.67. The van der Waals surface area contributed by atoms with Crippen LogP contribution in [0.15, 0.2) is 24.3 Å². The smallest absolute Gasteiger partial charge is 0.321 e. The van der Waals surface area contributed by atoms with Crippen LogP contribution in [0.4, 0.5) is 10.5 Å². The van der Waals surface area contributed by atoms with Gasteiger partial charge in [0.2, 0.25) is 10.0 Å². The van der Waals surface area contributed by atoms with Crippen LogP contribution in [-0.2, 0) is 10.0 Å². The molecular formula is C15H22ClN3O3S. The Labute approximate surface area is 142 Å². The van der Waals surface area contributed by atoms with Gasteiger partial charge < -0.3 is 10.2 Å². The summed E-state index contributed by atoms with van der Waals surface area (Å²) in [5, 5.41) is 3.36. The fourth-order valence-electron chi connectivity index (χ4n) is 2.55. The number of nitrogens with zero attached hydrogens (tertiary/aromatic N) is 1. The van der Waals surface area contributed by atoms with Gasteiger partial charge in [-0.2, -0.15) is 0 Å². The van der Waals surface area contributed by atoms with Crippen LogP contribution in [0.2, 0.25) is 5.02 Å². The molecule has 2 rings (SSSR count). The maximum Gasteiger partial charge on any atom is 0.321 e. The van der Waals surface area contributed by atoms with Gasteiger partial charge in [-0.15, -0.1) is 0 Å². The number of piperidine rings is 1. The van der Waals surface area contributed by atoms with Gasteiger partial charge in [-0.25, -0.2) is 17.9 Å². The van der Waals surface area contributed by atoms with Crippen molar-refractivity contribution < 1.29 is 13.2 Å². The highest BCUT2D eigenvalue weighted by Gasteiger charge is 2.25. The Hall–Kier alpha value is -1.31. The molecule has 0 unspecified atom stereocenters. The van der Waals surface area contributed by atoms with Crippen LogP contribution in [0.5, 0.6) is 0 Å². The zero-order valence-electron chi connectivity index (χ0n) is 13.1. The van der Waals surface area contributed by atoms with Gasteiger partial charge >= 0.3 is 6.03 Å². The normalized spacial score (nSPS) is 16.3. The molecule has 1 aromatic carbocycles. The van der Waals surface area contributed by atoms with Crippen LogP contribution in [0.3, 0.4) is 0 Å². The molecule has 2 amide bonds. The van der Waals surface area contributed by atoms with E-state index >= 15 is 0 Å². The lowest BCUT2D eigenvalue weighted by molar-refractivity contribution is 0.193. The largest absolute Gasteiger partial charge is 0.324 e. The number of sulfonamides is 1. The Bertz CT molecular complexity index is 643. The Morgan fingerprint density at radius 1 is 1.35 bits per heavy atom. The van der Waals surface area contributed by atoms with Gasteiger partial charge in [0.25, 0.3) is 0 Å². The molecule has 128 valence electrons. The highest BCUT2D eigenvalue weighted by molar-refractivity contribution is 7.89. The summed E-state index contributed by atoms with van der Waals surface area (Å²) < 4.78 is 26.3. The summed E-state index contributed by atoms with van der Waals surface area (Å²) in [7, 11) is -3.21. The van der Waals surface area contributed by atoms with E-state index in [1.165, 1.54) is 0 Å². The van der Waals surface area contributed by atoms with Crippen molar-refractivity contribution >= 4 is 33.3 Å². The van der Waals surface area contributed by atoms with Crippen molar-refractivity contribution in [1.29, 1.82) is 0 Å². The van der Waals surface area contributed by atoms with Gasteiger partial charge in [-0.05, 0) is 37.5 Å². The number of amides is 2. The molecule has 1 aromatic rings. The van der Waals surface area contributed by atoms with E-state index in [2.05, 4.69) is 10.0 Å². The molecular weight excluding hydrogens is 338 g/mol. The maximum absolute atomic E-state index is 12.2. The van der Waals surface area contributed by atoms with E-state index in [1.807, 2.05) is 6.92 Å². The van der Waals surface area contributed by atoms with Crippen molar-refractivity contribution in [3.63, 3.8) is 0 Å². The number of benzene rings is 1. The summed E-state index contributed by atoms with van der Waals surface area (Å²) in [6.45, 7) is 2.87. The Balaban J connectivity index is 1.83. The van der Waals surface area contributed by atoms with Crippen molar-refractivity contribution in [1.82, 2.24) is 9.62 Å². The zero-order valence-corrected chi connectivity index (χ0v) is 14.7. The van der Waals surface area contributed by atoms with Gasteiger partial charge in [0, 0.05) is 29.8 Å². The van der Waals surface area contributed by atoms with Crippen LogP contribution < -0.4 is 10.0 Å². The predicted molar refractivity (Wildman–Crippen MR) is 92.3 cm³/mol. The van der Waals surface area contributed by atoms with Crippen molar-refractivity contribution in [3.8, 4) is 0 Å². The molecule has 8 heteroatoms. The molecule has 1 fully saturated rings. The van der Waals surface area contributed by atoms with Crippen LogP contribution >= 0.6 is 11.6 Å². The molecule has 0 spiro atoms. The van der Waals surface area contributed by atoms with Gasteiger partial charge in [-0.1, -0.05) is 24.6 Å². The number of halogens is 1. The summed E-state index contributed by atoms with van der Waals surface area (Å²) in [5.41, 5.74) is 0.647. The number of urea groups is 1. The quantitative estimate of drug-likeness (QED) is 0.848. The minimum Gasteiger partial charge on any atom is -0.324 e. The van der Waals surface area contributed by atoms with Gasteiger partial charge in [0.1, 0.15) is 0 Å². The van der Waals surface area contributed by atoms with E-state index < -0.39 is 10.0 Å². The predicted octanol–water partition coefficient (Wildman–Crippen LogP) is 2.67. The topological polar surface area (TPSA) is 78.5 Å². The molecule has 0 aliphatic carbocycles. The number of anilines is 1. The summed E-state index contributed by atoms with van der Waals surface area (Å²) >= 11 is 5.89. The number of likely N-dealkylation sites (tertiary alicyclic amines) is 1. The number of rotatable bonds is 5. The summed E-state index contributed by atoms with van der Waals surface area (Å²) in [6, 6.07) is 6.68. The first-order chi connectivity index (χ1) is 10.9. The van der Waals surface area contributed by atoms with E-state index in [0.29, 0.717) is 43.1 Å². The number of carbonyl (C=O) groups excluding carboxylic acids is 1. The highest BCUT2D eigenvalue weighted by atomic mass is 35.5. The summed E-state index contributed by atoms with van der Waals surface area (Å²) in [6.07, 6.45) is 1.83. The second-order valence-electron chi connectivity index (χ2n) is 5.64. The molecule has 0 aromatic heterocycles. The minimum atomic E-state index is -3.21. The molecule has 23 heavy (non-hydrogen) atoms. The van der Waals surface area contributed by atoms with Gasteiger partial charge in [0.05, 0.1) is 5.75 Å². The lowest BCUT2D eigenvalue weighted by Gasteiger charge is -2.32. The summed E-state index contributed by atoms with van der Waals surface area (Å²) in [4.78, 5) is 13.9. The van der Waals surface area contributed by atoms with Crippen molar-refractivity contribution in [3.05, 3.63) is 29.3 Å². The third-order valence-electron chi connectivity index (χ3n) is 3.68. The lowest BCUT2D eigenvalue weighted by Crippen LogP contribution is -2.48. The minimum absolute atomic E-state index is 0.0956. The fraction of sp³-hybridized carbons (Fsp3) is 0.533.